The van der Waals surface area contributed by atoms with Crippen LogP contribution < -0.4 is 21.1 Å². The van der Waals surface area contributed by atoms with Crippen LogP contribution in [0.5, 0.6) is 5.75 Å². The lowest BCUT2D eigenvalue weighted by Crippen LogP contribution is -2.08. The quantitative estimate of drug-likeness (QED) is 0.443. The van der Waals surface area contributed by atoms with Gasteiger partial charge in [0.2, 0.25) is 17.6 Å². The minimum atomic E-state index is -0.673. The Balaban J connectivity index is 1.96. The number of methoxy groups -OCH3 is 1. The maximum atomic E-state index is 13.3. The highest BCUT2D eigenvalue weighted by Crippen LogP contribution is 2.32. The Kier molecular flexibility index (Phi) is 4.97. The molecule has 0 unspecified atom stereocenters. The summed E-state index contributed by atoms with van der Waals surface area (Å²) in [4.78, 5) is 18.7. The molecule has 1 aromatic heterocycles. The Labute approximate surface area is 153 Å². The third-order valence-electron chi connectivity index (χ3n) is 3.53. The fourth-order valence-corrected chi connectivity index (χ4v) is 2.30. The number of benzene rings is 2. The zero-order chi connectivity index (χ0) is 19.4. The van der Waals surface area contributed by atoms with Crippen molar-refractivity contribution in [2.24, 2.45) is 0 Å². The van der Waals surface area contributed by atoms with Gasteiger partial charge in [-0.1, -0.05) is 6.07 Å². The van der Waals surface area contributed by atoms with Gasteiger partial charge in [-0.3, -0.25) is 10.1 Å². The summed E-state index contributed by atoms with van der Waals surface area (Å²) in [6, 6.07) is 12.3. The Morgan fingerprint density at radius 1 is 1.11 bits per heavy atom. The van der Waals surface area contributed by atoms with Crippen LogP contribution >= 0.6 is 0 Å². The molecule has 0 aliphatic rings. The van der Waals surface area contributed by atoms with Gasteiger partial charge in [-0.2, -0.15) is 9.97 Å². The van der Waals surface area contributed by atoms with Gasteiger partial charge in [0.15, 0.2) is 0 Å². The molecule has 0 bridgehead atoms. The highest BCUT2D eigenvalue weighted by atomic mass is 19.1. The highest BCUT2D eigenvalue weighted by molar-refractivity contribution is 5.75. The number of hydrogen-bond donors (Lipinski definition) is 3. The van der Waals surface area contributed by atoms with Crippen molar-refractivity contribution in [1.29, 1.82) is 0 Å². The van der Waals surface area contributed by atoms with Gasteiger partial charge in [-0.25, -0.2) is 4.39 Å². The molecule has 0 aliphatic heterocycles. The molecule has 0 amide bonds. The van der Waals surface area contributed by atoms with Crippen LogP contribution in [-0.4, -0.2) is 22.0 Å². The Morgan fingerprint density at radius 2 is 1.85 bits per heavy atom. The maximum absolute atomic E-state index is 13.3. The summed E-state index contributed by atoms with van der Waals surface area (Å²) in [6.07, 6.45) is 0. The molecule has 3 aromatic rings. The van der Waals surface area contributed by atoms with Crippen molar-refractivity contribution in [1.82, 2.24) is 9.97 Å². The number of aromatic nitrogens is 2. The second kappa shape index (κ2) is 7.52. The van der Waals surface area contributed by atoms with Crippen LogP contribution in [0.4, 0.5) is 39.0 Å². The molecule has 2 aromatic carbocycles. The van der Waals surface area contributed by atoms with E-state index in [1.807, 2.05) is 0 Å². The van der Waals surface area contributed by atoms with E-state index in [2.05, 4.69) is 20.6 Å². The van der Waals surface area contributed by atoms with E-state index in [4.69, 9.17) is 10.5 Å². The summed E-state index contributed by atoms with van der Waals surface area (Å²) >= 11 is 0. The zero-order valence-electron chi connectivity index (χ0n) is 14.1. The molecular formula is C17H15FN6O3. The molecule has 0 saturated heterocycles. The fraction of sp³-hybridized carbons (Fsp3) is 0.0588. The van der Waals surface area contributed by atoms with E-state index in [0.29, 0.717) is 17.1 Å². The molecule has 10 heteroatoms. The van der Waals surface area contributed by atoms with Crippen LogP contribution in [0.15, 0.2) is 48.5 Å². The molecule has 3 rings (SSSR count). The molecule has 0 atom stereocenters. The summed E-state index contributed by atoms with van der Waals surface area (Å²) < 4.78 is 18.4. The van der Waals surface area contributed by atoms with Gasteiger partial charge in [-0.05, 0) is 42.5 Å². The summed E-state index contributed by atoms with van der Waals surface area (Å²) in [6.45, 7) is 0. The third kappa shape index (κ3) is 4.18. The molecule has 1 heterocycles. The molecule has 138 valence electrons. The van der Waals surface area contributed by atoms with Gasteiger partial charge < -0.3 is 21.1 Å². The molecule has 0 spiro atoms. The van der Waals surface area contributed by atoms with Crippen LogP contribution in [0.3, 0.4) is 0 Å². The fourth-order valence-electron chi connectivity index (χ4n) is 2.30. The van der Waals surface area contributed by atoms with Crippen molar-refractivity contribution in [2.75, 3.05) is 23.5 Å². The van der Waals surface area contributed by atoms with E-state index in [0.717, 1.165) is 0 Å². The maximum Gasteiger partial charge on any atom is 0.353 e. The number of nitro groups is 1. The number of ether oxygens (including phenoxy) is 1. The average molecular weight is 370 g/mol. The van der Waals surface area contributed by atoms with Crippen LogP contribution in [0.25, 0.3) is 0 Å². The van der Waals surface area contributed by atoms with E-state index < -0.39 is 16.4 Å². The lowest BCUT2D eigenvalue weighted by molar-refractivity contribution is -0.383. The molecule has 0 saturated carbocycles. The molecule has 0 radical (unpaired) electrons. The topological polar surface area (TPSA) is 128 Å². The number of nitrogens with zero attached hydrogens (tertiary/aromatic N) is 3. The summed E-state index contributed by atoms with van der Waals surface area (Å²) in [7, 11) is 1.53. The first-order valence-electron chi connectivity index (χ1n) is 7.72. The van der Waals surface area contributed by atoms with E-state index in [1.165, 1.54) is 25.3 Å². The smallest absolute Gasteiger partial charge is 0.353 e. The van der Waals surface area contributed by atoms with Crippen LogP contribution in [0, 0.1) is 15.9 Å². The Hall–Kier alpha value is -3.95. The lowest BCUT2D eigenvalue weighted by atomic mass is 10.3. The third-order valence-corrected chi connectivity index (χ3v) is 3.53. The SMILES string of the molecule is COc1ccc(Nc2nc(Nc3cccc(F)c3)nc(N)c2[N+](=O)[O-])cc1. The van der Waals surface area contributed by atoms with Crippen molar-refractivity contribution in [2.45, 2.75) is 0 Å². The summed E-state index contributed by atoms with van der Waals surface area (Å²) in [5.74, 6) is -0.265. The second-order valence-electron chi connectivity index (χ2n) is 5.38. The normalized spacial score (nSPS) is 10.3. The minimum Gasteiger partial charge on any atom is -0.497 e. The first-order chi connectivity index (χ1) is 13.0. The molecular weight excluding hydrogens is 355 g/mol. The van der Waals surface area contributed by atoms with Crippen molar-refractivity contribution >= 4 is 34.6 Å². The number of hydrogen-bond acceptors (Lipinski definition) is 8. The Morgan fingerprint density at radius 3 is 2.48 bits per heavy atom. The van der Waals surface area contributed by atoms with Gasteiger partial charge >= 0.3 is 5.69 Å². The van der Waals surface area contributed by atoms with Crippen molar-refractivity contribution < 1.29 is 14.1 Å². The van der Waals surface area contributed by atoms with Crippen LogP contribution in [-0.2, 0) is 0 Å². The first-order valence-corrected chi connectivity index (χ1v) is 7.72. The molecule has 9 nitrogen and oxygen atoms in total. The largest absolute Gasteiger partial charge is 0.497 e. The number of anilines is 5. The summed E-state index contributed by atoms with van der Waals surface area (Å²) in [5, 5.41) is 17.0. The second-order valence-corrected chi connectivity index (χ2v) is 5.38. The van der Waals surface area contributed by atoms with Crippen LogP contribution in [0.1, 0.15) is 0 Å². The molecule has 0 aliphatic carbocycles. The van der Waals surface area contributed by atoms with E-state index in [1.54, 1.807) is 30.3 Å². The van der Waals surface area contributed by atoms with Gasteiger partial charge in [0.25, 0.3) is 0 Å². The van der Waals surface area contributed by atoms with E-state index >= 15 is 0 Å². The zero-order valence-corrected chi connectivity index (χ0v) is 14.1. The number of nitrogens with one attached hydrogen (secondary N) is 2. The van der Waals surface area contributed by atoms with E-state index in [-0.39, 0.29) is 17.6 Å². The monoisotopic (exact) mass is 370 g/mol. The van der Waals surface area contributed by atoms with Gasteiger partial charge in [-0.15, -0.1) is 0 Å². The van der Waals surface area contributed by atoms with Gasteiger partial charge in [0, 0.05) is 11.4 Å². The molecule has 0 fully saturated rings. The predicted octanol–water partition coefficient (Wildman–Crippen LogP) is 3.60. The van der Waals surface area contributed by atoms with Gasteiger partial charge in [0.05, 0.1) is 12.0 Å². The standard InChI is InChI=1S/C17H15FN6O3/c1-27-13-7-5-11(6-8-13)20-16-14(24(25)26)15(19)22-17(23-16)21-12-4-2-3-10(18)9-12/h2-9H,1H3,(H4,19,20,21,22,23). The van der Waals surface area contributed by atoms with Crippen molar-refractivity contribution in [3.63, 3.8) is 0 Å². The average Bonchev–Trinajstić information content (AvgIpc) is 2.61. The van der Waals surface area contributed by atoms with Crippen molar-refractivity contribution in [3.8, 4) is 5.75 Å². The van der Waals surface area contributed by atoms with E-state index in [9.17, 15) is 14.5 Å². The number of nitrogen functional groups attached to an aromatic ring is 1. The number of halogens is 1. The number of rotatable bonds is 6. The van der Waals surface area contributed by atoms with Gasteiger partial charge in [0.1, 0.15) is 11.6 Å². The first kappa shape index (κ1) is 17.9. The highest BCUT2D eigenvalue weighted by Gasteiger charge is 2.23. The van der Waals surface area contributed by atoms with Crippen molar-refractivity contribution in [3.05, 3.63) is 64.5 Å². The lowest BCUT2D eigenvalue weighted by Gasteiger charge is -2.11. The number of nitrogens with two attached hydrogens (primary N) is 1. The predicted molar refractivity (Wildman–Crippen MR) is 99.1 cm³/mol. The summed E-state index contributed by atoms with van der Waals surface area (Å²) in [5.41, 5.74) is 6.19. The minimum absolute atomic E-state index is 0.0142. The molecule has 27 heavy (non-hydrogen) atoms. The Bertz CT molecular complexity index is 981. The van der Waals surface area contributed by atoms with Crippen LogP contribution in [0.2, 0.25) is 0 Å². The molecule has 4 N–H and O–H groups in total.